The highest BCUT2D eigenvalue weighted by Gasteiger charge is 2.21. The molecule has 0 unspecified atom stereocenters. The van der Waals surface area contributed by atoms with Crippen LogP contribution in [-0.4, -0.2) is 11.9 Å². The Morgan fingerprint density at radius 1 is 1.09 bits per heavy atom. The zero-order chi connectivity index (χ0) is 16.1. The molecule has 2 aromatic carbocycles. The highest BCUT2D eigenvalue weighted by Crippen LogP contribution is 2.24. The van der Waals surface area contributed by atoms with Crippen molar-refractivity contribution in [2.75, 3.05) is 0 Å². The van der Waals surface area contributed by atoms with Gasteiger partial charge in [-0.2, -0.15) is 4.99 Å². The third kappa shape index (κ3) is 4.30. The summed E-state index contributed by atoms with van der Waals surface area (Å²) in [6.45, 7) is 0. The number of nitrogens with two attached hydrogens (primary N) is 2. The molecule has 0 bridgehead atoms. The van der Waals surface area contributed by atoms with Crippen molar-refractivity contribution < 1.29 is 9.18 Å². The number of halogens is 2. The van der Waals surface area contributed by atoms with Gasteiger partial charge in [-0.15, -0.1) is 0 Å². The van der Waals surface area contributed by atoms with Crippen LogP contribution in [0.25, 0.3) is 0 Å². The summed E-state index contributed by atoms with van der Waals surface area (Å²) in [4.78, 5) is 15.8. The van der Waals surface area contributed by atoms with Crippen LogP contribution in [0.15, 0.2) is 53.5 Å². The molecule has 114 valence electrons. The molecule has 6 heteroatoms. The van der Waals surface area contributed by atoms with Crippen LogP contribution in [-0.2, 0) is 11.2 Å². The molecule has 1 atom stereocenters. The molecule has 2 aromatic rings. The molecule has 0 aliphatic rings. The van der Waals surface area contributed by atoms with Crippen LogP contribution in [0.2, 0.25) is 5.02 Å². The Labute approximate surface area is 132 Å². The smallest absolute Gasteiger partial charge is 0.256 e. The summed E-state index contributed by atoms with van der Waals surface area (Å²) < 4.78 is 13.1. The highest BCUT2D eigenvalue weighted by atomic mass is 35.5. The number of aliphatic imine (C=N–C) groups is 1. The van der Waals surface area contributed by atoms with Crippen molar-refractivity contribution in [3.05, 3.63) is 70.5 Å². The lowest BCUT2D eigenvalue weighted by Gasteiger charge is -2.14. The molecule has 0 aromatic heterocycles. The minimum absolute atomic E-state index is 0.298. The van der Waals surface area contributed by atoms with Crippen molar-refractivity contribution in [2.24, 2.45) is 16.5 Å². The van der Waals surface area contributed by atoms with E-state index >= 15 is 0 Å². The molecule has 0 saturated carbocycles. The van der Waals surface area contributed by atoms with Crippen LogP contribution in [0.4, 0.5) is 4.39 Å². The van der Waals surface area contributed by atoms with Crippen LogP contribution in [0.5, 0.6) is 0 Å². The van der Waals surface area contributed by atoms with E-state index in [9.17, 15) is 9.18 Å². The molecule has 0 spiro atoms. The number of amides is 1. The van der Waals surface area contributed by atoms with Crippen molar-refractivity contribution in [3.8, 4) is 0 Å². The minimum Gasteiger partial charge on any atom is -0.370 e. The standard InChI is InChI=1S/C16H15ClFN3O/c17-12-5-1-10(2-6-12)9-14(15(22)21-16(19)20)11-3-7-13(18)8-4-11/h1-8,14H,9H2,(H4,19,20,21,22)/t14-/m1/s1. The van der Waals surface area contributed by atoms with Gasteiger partial charge in [0.1, 0.15) is 5.82 Å². The number of carbonyl (C=O) groups is 1. The van der Waals surface area contributed by atoms with Gasteiger partial charge in [0.15, 0.2) is 5.96 Å². The van der Waals surface area contributed by atoms with Crippen molar-refractivity contribution in [3.63, 3.8) is 0 Å². The van der Waals surface area contributed by atoms with Crippen LogP contribution in [0, 0.1) is 5.82 Å². The first-order valence-corrected chi connectivity index (χ1v) is 6.97. The first-order chi connectivity index (χ1) is 10.5. The lowest BCUT2D eigenvalue weighted by molar-refractivity contribution is -0.119. The summed E-state index contributed by atoms with van der Waals surface area (Å²) in [7, 11) is 0. The molecule has 4 N–H and O–H groups in total. The van der Waals surface area contributed by atoms with E-state index in [2.05, 4.69) is 4.99 Å². The van der Waals surface area contributed by atoms with Gasteiger partial charge in [-0.05, 0) is 41.8 Å². The van der Waals surface area contributed by atoms with Gasteiger partial charge in [0.2, 0.25) is 0 Å². The molecule has 0 heterocycles. The molecule has 1 amide bonds. The first-order valence-electron chi connectivity index (χ1n) is 6.59. The van der Waals surface area contributed by atoms with E-state index in [-0.39, 0.29) is 11.8 Å². The second-order valence-corrected chi connectivity index (χ2v) is 5.25. The summed E-state index contributed by atoms with van der Waals surface area (Å²) in [6.07, 6.45) is 0.387. The number of rotatable bonds is 4. The molecule has 0 aliphatic heterocycles. The van der Waals surface area contributed by atoms with Gasteiger partial charge in [-0.1, -0.05) is 35.9 Å². The minimum atomic E-state index is -0.594. The van der Waals surface area contributed by atoms with Crippen LogP contribution in [0.3, 0.4) is 0 Å². The van der Waals surface area contributed by atoms with E-state index < -0.39 is 11.8 Å². The lowest BCUT2D eigenvalue weighted by Crippen LogP contribution is -2.26. The third-order valence-electron chi connectivity index (χ3n) is 3.16. The Balaban J connectivity index is 2.32. The fourth-order valence-corrected chi connectivity index (χ4v) is 2.23. The van der Waals surface area contributed by atoms with Gasteiger partial charge in [0.05, 0.1) is 5.92 Å². The summed E-state index contributed by atoms with van der Waals surface area (Å²) >= 11 is 5.85. The Hall–Kier alpha value is -2.40. The van der Waals surface area contributed by atoms with Gasteiger partial charge in [-0.3, -0.25) is 4.79 Å². The number of hydrogen-bond donors (Lipinski definition) is 2. The maximum Gasteiger partial charge on any atom is 0.256 e. The number of hydrogen-bond acceptors (Lipinski definition) is 1. The van der Waals surface area contributed by atoms with Gasteiger partial charge in [-0.25, -0.2) is 4.39 Å². The predicted octanol–water partition coefficient (Wildman–Crippen LogP) is 2.61. The fraction of sp³-hybridized carbons (Fsp3) is 0.125. The molecule has 2 rings (SSSR count). The quantitative estimate of drug-likeness (QED) is 0.671. The second-order valence-electron chi connectivity index (χ2n) is 4.81. The molecule has 0 radical (unpaired) electrons. The molecule has 22 heavy (non-hydrogen) atoms. The number of carbonyl (C=O) groups excluding carboxylic acids is 1. The van der Waals surface area contributed by atoms with Gasteiger partial charge in [0, 0.05) is 5.02 Å². The summed E-state index contributed by atoms with van der Waals surface area (Å²) in [5.74, 6) is -1.73. The van der Waals surface area contributed by atoms with Gasteiger partial charge in [0.25, 0.3) is 5.91 Å². The highest BCUT2D eigenvalue weighted by molar-refractivity contribution is 6.30. The molecule has 4 nitrogen and oxygen atoms in total. The van der Waals surface area contributed by atoms with Crippen molar-refractivity contribution in [2.45, 2.75) is 12.3 Å². The Morgan fingerprint density at radius 2 is 1.68 bits per heavy atom. The largest absolute Gasteiger partial charge is 0.370 e. The number of benzene rings is 2. The summed E-state index contributed by atoms with van der Waals surface area (Å²) in [5, 5.41) is 0.609. The normalized spacial score (nSPS) is 11.7. The predicted molar refractivity (Wildman–Crippen MR) is 85.1 cm³/mol. The monoisotopic (exact) mass is 319 g/mol. The van der Waals surface area contributed by atoms with Crippen LogP contribution < -0.4 is 11.5 Å². The summed E-state index contributed by atoms with van der Waals surface area (Å²) in [6, 6.07) is 12.8. The Morgan fingerprint density at radius 3 is 2.23 bits per heavy atom. The first kappa shape index (κ1) is 16.0. The molecular formula is C16H15ClFN3O. The summed E-state index contributed by atoms with van der Waals surface area (Å²) in [5.41, 5.74) is 12.1. The maximum absolute atomic E-state index is 13.1. The Kier molecular flexibility index (Phi) is 5.12. The average molecular weight is 320 g/mol. The van der Waals surface area contributed by atoms with Crippen LogP contribution in [0.1, 0.15) is 17.0 Å². The molecular weight excluding hydrogens is 305 g/mol. The van der Waals surface area contributed by atoms with Crippen molar-refractivity contribution >= 4 is 23.5 Å². The zero-order valence-corrected chi connectivity index (χ0v) is 12.4. The van der Waals surface area contributed by atoms with E-state index in [4.69, 9.17) is 23.1 Å². The average Bonchev–Trinajstić information content (AvgIpc) is 2.47. The topological polar surface area (TPSA) is 81.5 Å². The van der Waals surface area contributed by atoms with Gasteiger partial charge >= 0.3 is 0 Å². The Bertz CT molecular complexity index is 680. The zero-order valence-electron chi connectivity index (χ0n) is 11.7. The number of nitrogens with zero attached hydrogens (tertiary/aromatic N) is 1. The van der Waals surface area contributed by atoms with E-state index in [1.165, 1.54) is 12.1 Å². The SMILES string of the molecule is NC(N)=NC(=O)[C@H](Cc1ccc(Cl)cc1)c1ccc(F)cc1. The van der Waals surface area contributed by atoms with Crippen molar-refractivity contribution in [1.82, 2.24) is 0 Å². The molecule has 0 fully saturated rings. The second kappa shape index (κ2) is 7.04. The molecule has 0 saturated heterocycles. The van der Waals surface area contributed by atoms with E-state index in [1.807, 2.05) is 12.1 Å². The number of guanidine groups is 1. The maximum atomic E-state index is 13.1. The van der Waals surface area contributed by atoms with E-state index in [0.717, 1.165) is 5.56 Å². The van der Waals surface area contributed by atoms with E-state index in [0.29, 0.717) is 17.0 Å². The lowest BCUT2D eigenvalue weighted by atomic mass is 9.91. The fourth-order valence-electron chi connectivity index (χ4n) is 2.10. The van der Waals surface area contributed by atoms with E-state index in [1.54, 1.807) is 24.3 Å². The third-order valence-corrected chi connectivity index (χ3v) is 3.41. The molecule has 0 aliphatic carbocycles. The van der Waals surface area contributed by atoms with Crippen LogP contribution >= 0.6 is 11.6 Å². The van der Waals surface area contributed by atoms with Gasteiger partial charge < -0.3 is 11.5 Å². The van der Waals surface area contributed by atoms with Crippen molar-refractivity contribution in [1.29, 1.82) is 0 Å².